The summed E-state index contributed by atoms with van der Waals surface area (Å²) >= 11 is 0. The van der Waals surface area contributed by atoms with E-state index in [0.717, 1.165) is 0 Å². The predicted molar refractivity (Wildman–Crippen MR) is 33.5 cm³/mol. The van der Waals surface area contributed by atoms with Crippen LogP contribution in [0.3, 0.4) is 0 Å². The summed E-state index contributed by atoms with van der Waals surface area (Å²) in [5, 5.41) is 15.2. The van der Waals surface area contributed by atoms with Crippen molar-refractivity contribution in [1.29, 1.82) is 0 Å². The van der Waals surface area contributed by atoms with Gasteiger partial charge in [-0.1, -0.05) is 0 Å². The van der Waals surface area contributed by atoms with Gasteiger partial charge >= 0.3 is 0 Å². The number of hydrogen-bond donors (Lipinski definition) is 2. The van der Waals surface area contributed by atoms with Crippen LogP contribution >= 0.6 is 12.4 Å². The highest BCUT2D eigenvalue weighted by Crippen LogP contribution is 1.39. The molecule has 4 nitrogen and oxygen atoms in total. The van der Waals surface area contributed by atoms with Crippen molar-refractivity contribution in [2.24, 2.45) is 0 Å². The van der Waals surface area contributed by atoms with Gasteiger partial charge in [0.2, 0.25) is 0 Å². The van der Waals surface area contributed by atoms with E-state index in [-0.39, 0.29) is 38.2 Å². The molecule has 5 heteroatoms. The largest absolute Gasteiger partial charge is 0.394 e. The molecular weight excluding hydrogens is 147 g/mol. The molecule has 0 aromatic heterocycles. The van der Waals surface area contributed by atoms with Crippen LogP contribution in [0.2, 0.25) is 0 Å². The first-order chi connectivity index (χ1) is 3.83. The third-order valence-electron chi connectivity index (χ3n) is 0.156. The molecule has 0 unspecified atom stereocenters. The van der Waals surface area contributed by atoms with Gasteiger partial charge in [-0.3, -0.25) is 9.59 Å². The highest BCUT2D eigenvalue weighted by Gasteiger charge is 1.58. The van der Waals surface area contributed by atoms with Crippen LogP contribution in [-0.2, 0) is 9.59 Å². The zero-order chi connectivity index (χ0) is 6.83. The lowest BCUT2D eigenvalue weighted by atomic mass is 10.8. The Bertz CT molecular complexity index is 48.5. The zero-order valence-electron chi connectivity index (χ0n) is 4.69. The molecule has 0 saturated heterocycles. The van der Waals surface area contributed by atoms with E-state index in [9.17, 15) is 0 Å². The summed E-state index contributed by atoms with van der Waals surface area (Å²) in [7, 11) is 0. The molecule has 0 amide bonds. The van der Waals surface area contributed by atoms with Crippen LogP contribution < -0.4 is 0 Å². The monoisotopic (exact) mass is 156 g/mol. The van der Waals surface area contributed by atoms with Crippen LogP contribution in [-0.4, -0.2) is 36.0 Å². The first kappa shape index (κ1) is 15.8. The number of aldehydes is 2. The quantitative estimate of drug-likeness (QED) is 0.388. The zero-order valence-corrected chi connectivity index (χ0v) is 5.50. The Morgan fingerprint density at radius 2 is 1.22 bits per heavy atom. The molecule has 0 bridgehead atoms. The molecule has 0 radical (unpaired) electrons. The van der Waals surface area contributed by atoms with Crippen molar-refractivity contribution in [2.75, 3.05) is 13.2 Å². The van der Waals surface area contributed by atoms with Gasteiger partial charge in [-0.25, -0.2) is 0 Å². The van der Waals surface area contributed by atoms with E-state index in [4.69, 9.17) is 19.8 Å². The summed E-state index contributed by atoms with van der Waals surface area (Å²) in [6.07, 6.45) is 0.389. The second-order valence-corrected chi connectivity index (χ2v) is 0.719. The Labute approximate surface area is 58.9 Å². The number of halogens is 1. The number of hydrogen-bond acceptors (Lipinski definition) is 4. The fourth-order valence-electron chi connectivity index (χ4n) is 0. The molecule has 0 aliphatic heterocycles. The Hall–Kier alpha value is -0.450. The number of carbonyl (C=O) groups is 2. The van der Waals surface area contributed by atoms with Crippen molar-refractivity contribution in [3.8, 4) is 0 Å². The van der Waals surface area contributed by atoms with E-state index in [2.05, 4.69) is 0 Å². The average molecular weight is 157 g/mol. The molecule has 56 valence electrons. The second kappa shape index (κ2) is 25.7. The van der Waals surface area contributed by atoms with E-state index < -0.39 is 0 Å². The van der Waals surface area contributed by atoms with Gasteiger partial charge in [0.25, 0.3) is 0 Å². The first-order valence-corrected chi connectivity index (χ1v) is 1.94. The summed E-state index contributed by atoms with van der Waals surface area (Å²) in [5.74, 6) is 0. The topological polar surface area (TPSA) is 74.6 Å². The summed E-state index contributed by atoms with van der Waals surface area (Å²) in [5.41, 5.74) is 0. The van der Waals surface area contributed by atoms with Gasteiger partial charge in [0.15, 0.2) is 12.6 Å². The second-order valence-electron chi connectivity index (χ2n) is 0.719. The minimum absolute atomic E-state index is 0. The van der Waals surface area contributed by atoms with Crippen LogP contribution in [0.5, 0.6) is 0 Å². The van der Waals surface area contributed by atoms with E-state index in [1.807, 2.05) is 0 Å². The number of aliphatic hydroxyl groups is 2. The van der Waals surface area contributed by atoms with Crippen molar-refractivity contribution < 1.29 is 19.8 Å². The molecular formula is C4H9ClO4. The highest BCUT2D eigenvalue weighted by atomic mass is 35.5. The lowest BCUT2D eigenvalue weighted by Gasteiger charge is -1.70. The first-order valence-electron chi connectivity index (χ1n) is 1.94. The van der Waals surface area contributed by atoms with Crippen molar-refractivity contribution in [3.63, 3.8) is 0 Å². The molecule has 0 aliphatic carbocycles. The van der Waals surface area contributed by atoms with Crippen LogP contribution in [0.25, 0.3) is 0 Å². The molecule has 0 aromatic carbocycles. The fraction of sp³-hybridized carbons (Fsp3) is 0.500. The molecule has 0 aromatic rings. The number of rotatable bonds is 2. The van der Waals surface area contributed by atoms with Crippen molar-refractivity contribution in [3.05, 3.63) is 0 Å². The summed E-state index contributed by atoms with van der Waals surface area (Å²) < 4.78 is 0. The van der Waals surface area contributed by atoms with E-state index in [1.54, 1.807) is 0 Å². The summed E-state index contributed by atoms with van der Waals surface area (Å²) in [4.78, 5) is 17.6. The van der Waals surface area contributed by atoms with Gasteiger partial charge in [0, 0.05) is 0 Å². The lowest BCUT2D eigenvalue weighted by Crippen LogP contribution is -1.85. The van der Waals surface area contributed by atoms with Crippen molar-refractivity contribution >= 4 is 25.0 Å². The van der Waals surface area contributed by atoms with Gasteiger partial charge in [-0.15, -0.1) is 12.4 Å². The van der Waals surface area contributed by atoms with Gasteiger partial charge < -0.3 is 10.2 Å². The minimum atomic E-state index is -0.125. The molecule has 0 spiro atoms. The number of carbonyl (C=O) groups excluding carboxylic acids is 2. The maximum atomic E-state index is 8.81. The molecule has 2 N–H and O–H groups in total. The Kier molecular flexibility index (Phi) is 45.2. The van der Waals surface area contributed by atoms with Gasteiger partial charge in [-0.2, -0.15) is 0 Å². The normalized spacial score (nSPS) is 5.56. The van der Waals surface area contributed by atoms with Gasteiger partial charge in [0.1, 0.15) is 0 Å². The summed E-state index contributed by atoms with van der Waals surface area (Å²) in [6.45, 7) is -0.250. The molecule has 0 atom stereocenters. The Balaban J connectivity index is -0.0000000720. The third-order valence-corrected chi connectivity index (χ3v) is 0.156. The Morgan fingerprint density at radius 1 is 1.00 bits per heavy atom. The van der Waals surface area contributed by atoms with Gasteiger partial charge in [-0.05, 0) is 0 Å². The van der Waals surface area contributed by atoms with Crippen LogP contribution in [0.1, 0.15) is 0 Å². The molecule has 0 aliphatic rings. The van der Waals surface area contributed by atoms with E-state index in [0.29, 0.717) is 0 Å². The maximum Gasteiger partial charge on any atom is 0.182 e. The molecule has 0 saturated carbocycles. The molecule has 0 heterocycles. The molecule has 0 rings (SSSR count). The standard InChI is InChI=1S/C2H6O2.C2H2O2.ClH/c2*3-1-2-4;/h3-4H,1-2H2;1-2H;1H. The van der Waals surface area contributed by atoms with Gasteiger partial charge in [0.05, 0.1) is 13.2 Å². The van der Waals surface area contributed by atoms with Crippen LogP contribution in [0.15, 0.2) is 0 Å². The lowest BCUT2D eigenvalue weighted by molar-refractivity contribution is -0.122. The van der Waals surface area contributed by atoms with E-state index in [1.165, 1.54) is 0 Å². The highest BCUT2D eigenvalue weighted by molar-refractivity contribution is 6.09. The minimum Gasteiger partial charge on any atom is -0.394 e. The average Bonchev–Trinajstić information content (AvgIpc) is 1.88. The molecule has 9 heavy (non-hydrogen) atoms. The van der Waals surface area contributed by atoms with E-state index >= 15 is 0 Å². The predicted octanol–water partition coefficient (Wildman–Crippen LogP) is -1.22. The van der Waals surface area contributed by atoms with Crippen molar-refractivity contribution in [2.45, 2.75) is 0 Å². The maximum absolute atomic E-state index is 8.81. The smallest absolute Gasteiger partial charge is 0.182 e. The van der Waals surface area contributed by atoms with Crippen LogP contribution in [0.4, 0.5) is 0 Å². The third kappa shape index (κ3) is 96.8. The SMILES string of the molecule is Cl.O=CC=O.OCCO. The van der Waals surface area contributed by atoms with Crippen molar-refractivity contribution in [1.82, 2.24) is 0 Å². The number of aliphatic hydroxyl groups excluding tert-OH is 2. The Morgan fingerprint density at radius 3 is 1.22 bits per heavy atom. The molecule has 0 fully saturated rings. The summed E-state index contributed by atoms with van der Waals surface area (Å²) in [6, 6.07) is 0. The van der Waals surface area contributed by atoms with Crippen LogP contribution in [0, 0.1) is 0 Å². The fourth-order valence-corrected chi connectivity index (χ4v) is 0.